The fourth-order valence-electron chi connectivity index (χ4n) is 2.02. The Morgan fingerprint density at radius 1 is 1.07 bits per heavy atom. The number of hydrogen-bond acceptors (Lipinski definition) is 3. The minimum atomic E-state index is -4.04. The van der Waals surface area contributed by atoms with E-state index in [-0.39, 0.29) is 5.75 Å². The Hall–Kier alpha value is -0.130. The van der Waals surface area contributed by atoms with Crippen molar-refractivity contribution < 1.29 is 17.5 Å². The summed E-state index contributed by atoms with van der Waals surface area (Å²) in [7, 11) is -4.04. The average molecular weight is 237 g/mol. The van der Waals surface area contributed by atoms with Gasteiger partial charge < -0.3 is 9.04 Å². The van der Waals surface area contributed by atoms with Gasteiger partial charge in [-0.15, -0.1) is 0 Å². The van der Waals surface area contributed by atoms with E-state index in [1.165, 1.54) is 0 Å². The van der Waals surface area contributed by atoms with Crippen LogP contribution in [0.15, 0.2) is 0 Å². The fourth-order valence-corrected chi connectivity index (χ4v) is 2.50. The first-order chi connectivity index (χ1) is 6.89. The quantitative estimate of drug-likeness (QED) is 0.470. The van der Waals surface area contributed by atoms with E-state index in [1.54, 1.807) is 0 Å². The average Bonchev–Trinajstić information content (AvgIpc) is 2.14. The van der Waals surface area contributed by atoms with E-state index in [0.29, 0.717) is 6.42 Å². The minimum absolute atomic E-state index is 0.225. The molecule has 0 fully saturated rings. The van der Waals surface area contributed by atoms with E-state index in [0.717, 1.165) is 37.1 Å². The monoisotopic (exact) mass is 237 g/mol. The molecule has 0 aromatic rings. The largest absolute Gasteiger partial charge is 0.748 e. The van der Waals surface area contributed by atoms with Crippen molar-refractivity contribution in [3.05, 3.63) is 0 Å². The maximum absolute atomic E-state index is 10.5. The molecular formula is C10H23NO3S. The molecule has 0 spiro atoms. The van der Waals surface area contributed by atoms with Crippen LogP contribution in [0, 0.1) is 0 Å². The Balaban J connectivity index is 4.18. The molecule has 0 radical (unpaired) electrons. The molecule has 4 nitrogen and oxygen atoms in total. The highest BCUT2D eigenvalue weighted by Gasteiger charge is 2.21. The van der Waals surface area contributed by atoms with E-state index < -0.39 is 10.1 Å². The summed E-state index contributed by atoms with van der Waals surface area (Å²) in [6.07, 6.45) is 1.57. The van der Waals surface area contributed by atoms with Crippen molar-refractivity contribution in [2.45, 2.75) is 33.6 Å². The first-order valence-electron chi connectivity index (χ1n) is 5.67. The summed E-state index contributed by atoms with van der Waals surface area (Å²) < 4.78 is 32.4. The molecule has 0 rings (SSSR count). The predicted octanol–water partition coefficient (Wildman–Crippen LogP) is 1.19. The van der Waals surface area contributed by atoms with Gasteiger partial charge in [-0.3, -0.25) is 0 Å². The van der Waals surface area contributed by atoms with Gasteiger partial charge in [0.15, 0.2) is 0 Å². The summed E-state index contributed by atoms with van der Waals surface area (Å²) in [5.41, 5.74) is 0. The van der Waals surface area contributed by atoms with Gasteiger partial charge in [0.1, 0.15) is 0 Å². The van der Waals surface area contributed by atoms with E-state index in [4.69, 9.17) is 0 Å². The molecular weight excluding hydrogens is 214 g/mol. The van der Waals surface area contributed by atoms with Crippen LogP contribution in [0.3, 0.4) is 0 Å². The zero-order valence-electron chi connectivity index (χ0n) is 10.0. The Morgan fingerprint density at radius 2 is 1.60 bits per heavy atom. The molecule has 0 aliphatic rings. The van der Waals surface area contributed by atoms with Crippen LogP contribution in [0.2, 0.25) is 0 Å². The smallest absolute Gasteiger partial charge is 0.0948 e. The Kier molecular flexibility index (Phi) is 6.40. The molecule has 15 heavy (non-hydrogen) atoms. The third-order valence-electron chi connectivity index (χ3n) is 3.07. The summed E-state index contributed by atoms with van der Waals surface area (Å²) in [6.45, 7) is 10.2. The van der Waals surface area contributed by atoms with Gasteiger partial charge in [-0.2, -0.15) is 0 Å². The van der Waals surface area contributed by atoms with Gasteiger partial charge in [0, 0.05) is 12.2 Å². The molecule has 0 N–H and O–H groups in total. The van der Waals surface area contributed by atoms with Crippen LogP contribution in [-0.4, -0.2) is 49.4 Å². The molecule has 0 unspecified atom stereocenters. The van der Waals surface area contributed by atoms with Crippen molar-refractivity contribution in [3.8, 4) is 0 Å². The highest BCUT2D eigenvalue weighted by Crippen LogP contribution is 2.09. The molecule has 0 saturated heterocycles. The van der Waals surface area contributed by atoms with Gasteiger partial charge in [-0.05, 0) is 20.3 Å². The van der Waals surface area contributed by atoms with E-state index in [9.17, 15) is 13.0 Å². The topological polar surface area (TPSA) is 57.2 Å². The molecule has 0 amide bonds. The molecule has 92 valence electrons. The first-order valence-corrected chi connectivity index (χ1v) is 7.25. The lowest BCUT2D eigenvalue weighted by atomic mass is 10.2. The number of nitrogens with zero attached hydrogens (tertiary/aromatic N) is 1. The lowest BCUT2D eigenvalue weighted by Crippen LogP contribution is -2.49. The molecule has 0 aromatic carbocycles. The van der Waals surface area contributed by atoms with Crippen LogP contribution in [-0.2, 0) is 10.1 Å². The maximum atomic E-state index is 10.5. The molecule has 0 aromatic heterocycles. The molecule has 0 atom stereocenters. The van der Waals surface area contributed by atoms with Crippen molar-refractivity contribution >= 4 is 10.1 Å². The standard InChI is InChI=1S/C10H23NO3S/c1-4-8-11(5-2,6-3)9-7-10-15(12,13)14/h4-10H2,1-3H3. The van der Waals surface area contributed by atoms with Crippen molar-refractivity contribution in [3.63, 3.8) is 0 Å². The van der Waals surface area contributed by atoms with Crippen LogP contribution in [0.25, 0.3) is 0 Å². The van der Waals surface area contributed by atoms with Gasteiger partial charge in [0.2, 0.25) is 0 Å². The number of quaternary nitrogens is 1. The summed E-state index contributed by atoms with van der Waals surface area (Å²) in [6, 6.07) is 0. The fraction of sp³-hybridized carbons (Fsp3) is 1.00. The highest BCUT2D eigenvalue weighted by atomic mass is 32.2. The van der Waals surface area contributed by atoms with Gasteiger partial charge in [0.05, 0.1) is 36.3 Å². The third kappa shape index (κ3) is 6.12. The summed E-state index contributed by atoms with van der Waals surface area (Å²) in [5.74, 6) is -0.225. The van der Waals surface area contributed by atoms with E-state index in [2.05, 4.69) is 20.8 Å². The second kappa shape index (κ2) is 6.45. The van der Waals surface area contributed by atoms with Gasteiger partial charge in [-0.1, -0.05) is 6.92 Å². The zero-order valence-corrected chi connectivity index (χ0v) is 10.8. The van der Waals surface area contributed by atoms with Crippen LogP contribution in [0.1, 0.15) is 33.6 Å². The maximum Gasteiger partial charge on any atom is 0.0948 e. The summed E-state index contributed by atoms with van der Waals surface area (Å²) >= 11 is 0. The second-order valence-corrected chi connectivity index (χ2v) is 5.56. The van der Waals surface area contributed by atoms with Gasteiger partial charge in [0.25, 0.3) is 0 Å². The second-order valence-electron chi connectivity index (χ2n) is 4.04. The summed E-state index contributed by atoms with van der Waals surface area (Å²) in [5, 5.41) is 0. The van der Waals surface area contributed by atoms with Crippen LogP contribution >= 0.6 is 0 Å². The van der Waals surface area contributed by atoms with Crippen LogP contribution in [0.5, 0.6) is 0 Å². The number of rotatable bonds is 8. The lowest BCUT2D eigenvalue weighted by Gasteiger charge is -2.36. The predicted molar refractivity (Wildman–Crippen MR) is 60.5 cm³/mol. The van der Waals surface area contributed by atoms with Crippen molar-refractivity contribution in [1.82, 2.24) is 0 Å². The highest BCUT2D eigenvalue weighted by molar-refractivity contribution is 7.85. The lowest BCUT2D eigenvalue weighted by molar-refractivity contribution is -0.924. The molecule has 0 aliphatic heterocycles. The minimum Gasteiger partial charge on any atom is -0.748 e. The van der Waals surface area contributed by atoms with Gasteiger partial charge >= 0.3 is 0 Å². The Bertz CT molecular complexity index is 258. The summed E-state index contributed by atoms with van der Waals surface area (Å²) in [4.78, 5) is 0. The first kappa shape index (κ1) is 14.9. The molecule has 0 aliphatic carbocycles. The Labute approximate surface area is 93.6 Å². The Morgan fingerprint density at radius 3 is 1.93 bits per heavy atom. The van der Waals surface area contributed by atoms with Crippen molar-refractivity contribution in [1.29, 1.82) is 0 Å². The van der Waals surface area contributed by atoms with Gasteiger partial charge in [-0.25, -0.2) is 8.42 Å². The number of hydrogen-bond donors (Lipinski definition) is 0. The van der Waals surface area contributed by atoms with Crippen LogP contribution < -0.4 is 0 Å². The molecule has 5 heteroatoms. The molecule has 0 saturated carbocycles. The molecule has 0 bridgehead atoms. The van der Waals surface area contributed by atoms with Crippen molar-refractivity contribution in [2.75, 3.05) is 31.9 Å². The van der Waals surface area contributed by atoms with E-state index >= 15 is 0 Å². The molecule has 0 heterocycles. The van der Waals surface area contributed by atoms with Crippen molar-refractivity contribution in [2.24, 2.45) is 0 Å². The zero-order chi connectivity index (χ0) is 11.9. The SMILES string of the molecule is CCC[N+](CC)(CC)CCCS(=O)(=O)[O-]. The van der Waals surface area contributed by atoms with E-state index in [1.807, 2.05) is 0 Å². The normalized spacial score (nSPS) is 13.1. The van der Waals surface area contributed by atoms with Crippen LogP contribution in [0.4, 0.5) is 0 Å². The third-order valence-corrected chi connectivity index (χ3v) is 3.86.